The fraction of sp³-hybridized carbons (Fsp3) is 0.414. The topological polar surface area (TPSA) is 166 Å². The first-order chi connectivity index (χ1) is 18.8. The maximum Gasteiger partial charge on any atom is 0.349 e. The van der Waals surface area contributed by atoms with Gasteiger partial charge in [-0.05, 0) is 61.9 Å². The van der Waals surface area contributed by atoms with Crippen molar-refractivity contribution in [2.75, 3.05) is 13.7 Å². The lowest BCUT2D eigenvalue weighted by atomic mass is 10.0. The molecule has 11 nitrogen and oxygen atoms in total. The van der Waals surface area contributed by atoms with E-state index in [0.717, 1.165) is 17.7 Å². The van der Waals surface area contributed by atoms with Gasteiger partial charge in [0, 0.05) is 0 Å². The Morgan fingerprint density at radius 2 is 1.20 bits per heavy atom. The average molecular weight is 556 g/mol. The predicted octanol–water partition coefficient (Wildman–Crippen LogP) is 2.63. The van der Waals surface area contributed by atoms with Gasteiger partial charge in [-0.1, -0.05) is 49.2 Å². The van der Waals surface area contributed by atoms with Gasteiger partial charge in [0.25, 0.3) is 0 Å². The Morgan fingerprint density at radius 1 is 0.800 bits per heavy atom. The lowest BCUT2D eigenvalue weighted by Crippen LogP contribution is -2.45. The summed E-state index contributed by atoms with van der Waals surface area (Å²) in [6, 6.07) is 12.0. The summed E-state index contributed by atoms with van der Waals surface area (Å²) in [7, 11) is 1.45. The fourth-order valence-corrected chi connectivity index (χ4v) is 4.81. The van der Waals surface area contributed by atoms with E-state index in [4.69, 9.17) is 14.2 Å². The quantitative estimate of drug-likeness (QED) is 0.324. The van der Waals surface area contributed by atoms with Crippen molar-refractivity contribution in [2.45, 2.75) is 45.9 Å². The highest BCUT2D eigenvalue weighted by Gasteiger charge is 2.66. The third-order valence-electron chi connectivity index (χ3n) is 7.32. The van der Waals surface area contributed by atoms with Crippen LogP contribution < -0.4 is 5.32 Å². The summed E-state index contributed by atoms with van der Waals surface area (Å²) in [5.74, 6) is -4.54. The van der Waals surface area contributed by atoms with E-state index in [1.165, 1.54) is 31.4 Å². The number of benzene rings is 2. The number of nitrogens with one attached hydrogen (secondary N) is 1. The van der Waals surface area contributed by atoms with Gasteiger partial charge in [0.05, 0.1) is 18.2 Å². The van der Waals surface area contributed by atoms with Gasteiger partial charge >= 0.3 is 29.8 Å². The van der Waals surface area contributed by atoms with Gasteiger partial charge < -0.3 is 29.7 Å². The third kappa shape index (κ3) is 6.84. The fourth-order valence-electron chi connectivity index (χ4n) is 4.81. The van der Waals surface area contributed by atoms with Crippen LogP contribution in [-0.2, 0) is 28.6 Å². The summed E-state index contributed by atoms with van der Waals surface area (Å²) >= 11 is 0. The molecule has 2 aliphatic rings. The number of hydrogen-bond donors (Lipinski definition) is 3. The second-order valence-electron chi connectivity index (χ2n) is 10.4. The van der Waals surface area contributed by atoms with E-state index in [1.54, 1.807) is 38.1 Å². The molecule has 214 valence electrons. The molecule has 1 heterocycles. The van der Waals surface area contributed by atoms with Crippen LogP contribution in [0.1, 0.15) is 45.7 Å². The number of aryl methyl sites for hydroxylation is 2. The van der Waals surface area contributed by atoms with Crippen LogP contribution in [0.3, 0.4) is 0 Å². The molecule has 1 aliphatic carbocycles. The van der Waals surface area contributed by atoms with E-state index in [-0.39, 0.29) is 23.1 Å². The van der Waals surface area contributed by atoms with Gasteiger partial charge in [-0.25, -0.2) is 19.2 Å². The van der Waals surface area contributed by atoms with E-state index >= 15 is 0 Å². The first kappa shape index (κ1) is 30.3. The SMILES string of the molecule is COC(=O)[C@H]1NC[C@H]2[C@@H]1C2(C)C.Cc1ccc(C(=O)O[C@H](C(=O)O)[C@@H](OC(=O)c2ccc(C)cc2)C(=O)O)cc1. The summed E-state index contributed by atoms with van der Waals surface area (Å²) in [4.78, 5) is 58.6. The zero-order valence-corrected chi connectivity index (χ0v) is 22.9. The van der Waals surface area contributed by atoms with Gasteiger partial charge in [0.15, 0.2) is 0 Å². The first-order valence-electron chi connectivity index (χ1n) is 12.6. The molecule has 11 heteroatoms. The van der Waals surface area contributed by atoms with Crippen LogP contribution in [0.5, 0.6) is 0 Å². The maximum absolute atomic E-state index is 12.2. The first-order valence-corrected chi connectivity index (χ1v) is 12.6. The average Bonchev–Trinajstić information content (AvgIpc) is 3.22. The van der Waals surface area contributed by atoms with E-state index in [2.05, 4.69) is 19.2 Å². The molecule has 4 rings (SSSR count). The van der Waals surface area contributed by atoms with Crippen molar-refractivity contribution in [3.63, 3.8) is 0 Å². The van der Waals surface area contributed by atoms with Crippen molar-refractivity contribution >= 4 is 29.8 Å². The van der Waals surface area contributed by atoms with Crippen LogP contribution in [0, 0.1) is 31.1 Å². The Bertz CT molecular complexity index is 1190. The van der Waals surface area contributed by atoms with Crippen molar-refractivity contribution in [3.8, 4) is 0 Å². The number of carbonyl (C=O) groups is 5. The number of hydrogen-bond acceptors (Lipinski definition) is 9. The smallest absolute Gasteiger partial charge is 0.349 e. The normalized spacial score (nSPS) is 21.4. The molecule has 0 bridgehead atoms. The number of fused-ring (bicyclic) bond motifs is 1. The van der Waals surface area contributed by atoms with Crippen molar-refractivity contribution in [2.24, 2.45) is 17.3 Å². The minimum absolute atomic E-state index is 0.0332. The molecule has 1 saturated carbocycles. The molecule has 1 aliphatic heterocycles. The van der Waals surface area contributed by atoms with Crippen LogP contribution in [0.25, 0.3) is 0 Å². The molecule has 0 unspecified atom stereocenters. The Hall–Kier alpha value is -4.25. The summed E-state index contributed by atoms with van der Waals surface area (Å²) in [6.07, 6.45) is -4.44. The molecule has 2 aromatic rings. The standard InChI is InChI=1S/C20H18O8.C9H15NO2/c1-11-3-7-13(8-4-11)19(25)27-15(17(21)22)16(18(23)24)28-20(26)14-9-5-12(2)6-10-14;1-9(2)5-4-10-7(6(5)9)8(11)12-3/h3-10,15-16H,1-2H3,(H,21,22)(H,23,24);5-7,10H,4H2,1-3H3/t15-,16+;5-,6-,7-/m.0/s1. The van der Waals surface area contributed by atoms with Crippen molar-refractivity contribution in [3.05, 3.63) is 70.8 Å². The monoisotopic (exact) mass is 555 g/mol. The molecule has 5 atom stereocenters. The summed E-state index contributed by atoms with van der Waals surface area (Å²) in [5.41, 5.74) is 2.14. The maximum atomic E-state index is 12.2. The number of methoxy groups -OCH3 is 1. The van der Waals surface area contributed by atoms with E-state index < -0.39 is 36.1 Å². The van der Waals surface area contributed by atoms with Gasteiger partial charge in [-0.15, -0.1) is 0 Å². The van der Waals surface area contributed by atoms with Crippen LogP contribution in [0.4, 0.5) is 0 Å². The van der Waals surface area contributed by atoms with Gasteiger partial charge in [-0.3, -0.25) is 4.79 Å². The molecular formula is C29H33NO10. The number of aliphatic carboxylic acids is 2. The van der Waals surface area contributed by atoms with E-state index in [0.29, 0.717) is 17.3 Å². The van der Waals surface area contributed by atoms with Gasteiger partial charge in [-0.2, -0.15) is 0 Å². The second-order valence-corrected chi connectivity index (χ2v) is 10.4. The van der Waals surface area contributed by atoms with E-state index in [9.17, 15) is 34.2 Å². The molecule has 0 amide bonds. The summed E-state index contributed by atoms with van der Waals surface area (Å²) in [5, 5.41) is 21.8. The second kappa shape index (κ2) is 12.3. The minimum Gasteiger partial charge on any atom is -0.478 e. The lowest BCUT2D eigenvalue weighted by molar-refractivity contribution is -0.166. The summed E-state index contributed by atoms with van der Waals surface area (Å²) in [6.45, 7) is 9.00. The molecule has 3 N–H and O–H groups in total. The molecule has 0 spiro atoms. The molecule has 40 heavy (non-hydrogen) atoms. The van der Waals surface area contributed by atoms with Gasteiger partial charge in [0.2, 0.25) is 12.2 Å². The highest BCUT2D eigenvalue weighted by molar-refractivity contribution is 5.95. The van der Waals surface area contributed by atoms with E-state index in [1.807, 2.05) is 0 Å². The molecule has 2 fully saturated rings. The number of esters is 3. The minimum atomic E-state index is -2.22. The molecule has 0 radical (unpaired) electrons. The number of carboxylic acid groups (broad SMARTS) is 2. The Balaban J connectivity index is 0.000000302. The largest absolute Gasteiger partial charge is 0.478 e. The lowest BCUT2D eigenvalue weighted by Gasteiger charge is -2.21. The Morgan fingerprint density at radius 3 is 1.50 bits per heavy atom. The zero-order chi connectivity index (χ0) is 29.8. The highest BCUT2D eigenvalue weighted by atomic mass is 16.6. The molecule has 2 aromatic carbocycles. The van der Waals surface area contributed by atoms with Gasteiger partial charge in [0.1, 0.15) is 6.04 Å². The predicted molar refractivity (Wildman–Crippen MR) is 141 cm³/mol. The Labute approximate surface area is 231 Å². The Kier molecular flexibility index (Phi) is 9.31. The van der Waals surface area contributed by atoms with Crippen LogP contribution in [0.15, 0.2) is 48.5 Å². The summed E-state index contributed by atoms with van der Waals surface area (Å²) < 4.78 is 14.4. The zero-order valence-electron chi connectivity index (χ0n) is 22.9. The molecular weight excluding hydrogens is 522 g/mol. The third-order valence-corrected chi connectivity index (χ3v) is 7.32. The number of rotatable bonds is 8. The highest BCUT2D eigenvalue weighted by Crippen LogP contribution is 2.62. The number of ether oxygens (including phenoxy) is 3. The molecule has 0 aromatic heterocycles. The van der Waals surface area contributed by atoms with Crippen LogP contribution in [0.2, 0.25) is 0 Å². The van der Waals surface area contributed by atoms with Crippen molar-refractivity contribution in [1.82, 2.24) is 5.32 Å². The van der Waals surface area contributed by atoms with Crippen molar-refractivity contribution < 1.29 is 48.4 Å². The molecule has 1 saturated heterocycles. The van der Waals surface area contributed by atoms with Crippen LogP contribution >= 0.6 is 0 Å². The number of piperidine rings is 1. The number of carboxylic acids is 2. The van der Waals surface area contributed by atoms with Crippen molar-refractivity contribution in [1.29, 1.82) is 0 Å². The van der Waals surface area contributed by atoms with Crippen LogP contribution in [-0.4, -0.2) is 72.0 Å². The number of carbonyl (C=O) groups excluding carboxylic acids is 3.